The fraction of sp³-hybridized carbons (Fsp3) is 0.625. The summed E-state index contributed by atoms with van der Waals surface area (Å²) in [4.78, 5) is 145. The molecular weight excluding hydrogens is 1010 g/mol. The molecule has 0 spiro atoms. The van der Waals surface area contributed by atoms with E-state index in [1.807, 2.05) is 6.92 Å². The van der Waals surface area contributed by atoms with E-state index in [1.165, 1.54) is 20.0 Å². The quantitative estimate of drug-likeness (QED) is 0.0311. The predicted molar refractivity (Wildman–Crippen MR) is 279 cm³/mol. The van der Waals surface area contributed by atoms with Gasteiger partial charge in [-0.25, -0.2) is 19.2 Å². The number of carbonyl (C=O) groups excluding carboxylic acids is 8. The largest absolute Gasteiger partial charge is 0.481 e. The Bertz CT molecular complexity index is 1860. The van der Waals surface area contributed by atoms with E-state index in [2.05, 4.69) is 77.0 Å². The maximum absolute atomic E-state index is 13.0. The molecule has 0 aliphatic carbocycles. The number of methoxy groups -OCH3 is 1. The molecular formula is C48H85N7O19S. The highest BCUT2D eigenvalue weighted by molar-refractivity contribution is 7.80. The van der Waals surface area contributed by atoms with Crippen molar-refractivity contribution in [2.24, 2.45) is 11.7 Å². The Morgan fingerprint density at radius 3 is 1.53 bits per heavy atom. The molecule has 0 radical (unpaired) electrons. The van der Waals surface area contributed by atoms with Crippen molar-refractivity contribution in [3.63, 3.8) is 0 Å². The van der Waals surface area contributed by atoms with E-state index < -0.39 is 109 Å². The molecule has 0 fully saturated rings. The number of ketones is 1. The molecule has 0 bridgehead atoms. The zero-order chi connectivity index (χ0) is 56.2. The van der Waals surface area contributed by atoms with E-state index in [0.717, 1.165) is 0 Å². The van der Waals surface area contributed by atoms with Crippen LogP contribution in [0.4, 0.5) is 9.59 Å². The second-order valence-corrected chi connectivity index (χ2v) is 15.6. The number of rotatable bonds is 29. The SMILES string of the molecule is C.C.C.CCC.CCC.CCC(N)C(=O)OC.O=C(O)CCCNC(=O)N[C@@H](CCCCNC(=O)NCc1ccc(CC(=O)N[C@@H](CC(=O)O)C(=O)C[C@@H](CC(=O)O)C(=O)N[C@@H](CS)C(=O)O)cc1)C(=O)O.O=C=O. The van der Waals surface area contributed by atoms with Gasteiger partial charge in [-0.3, -0.25) is 33.6 Å². The van der Waals surface area contributed by atoms with Gasteiger partial charge in [0.1, 0.15) is 18.1 Å². The Morgan fingerprint density at radius 2 is 1.11 bits per heavy atom. The van der Waals surface area contributed by atoms with Crippen LogP contribution in [-0.2, 0) is 70.4 Å². The highest BCUT2D eigenvalue weighted by Gasteiger charge is 2.32. The molecule has 6 amide bonds. The van der Waals surface area contributed by atoms with Crippen LogP contribution in [0.2, 0.25) is 0 Å². The first-order chi connectivity index (χ1) is 33.9. The van der Waals surface area contributed by atoms with Gasteiger partial charge in [-0.2, -0.15) is 22.2 Å². The molecule has 0 saturated heterocycles. The average Bonchev–Trinajstić information content (AvgIpc) is 3.30. The number of nitrogens with one attached hydrogen (secondary N) is 6. The van der Waals surface area contributed by atoms with Gasteiger partial charge in [-0.15, -0.1) is 0 Å². The van der Waals surface area contributed by atoms with Crippen LogP contribution in [-0.4, -0.2) is 147 Å². The minimum Gasteiger partial charge on any atom is -0.481 e. The number of thiol groups is 1. The number of esters is 1. The summed E-state index contributed by atoms with van der Waals surface area (Å²) in [6, 6.07) is 0.342. The first-order valence-electron chi connectivity index (χ1n) is 22.7. The molecule has 1 aromatic carbocycles. The summed E-state index contributed by atoms with van der Waals surface area (Å²) in [6.07, 6.45) is 1.42. The number of amides is 6. The molecule has 0 aliphatic rings. The van der Waals surface area contributed by atoms with E-state index in [0.29, 0.717) is 30.4 Å². The Hall–Kier alpha value is -7.12. The maximum Gasteiger partial charge on any atom is 0.373 e. The lowest BCUT2D eigenvalue weighted by Crippen LogP contribution is -2.47. The lowest BCUT2D eigenvalue weighted by molar-refractivity contribution is -0.192. The molecule has 1 unspecified atom stereocenters. The lowest BCUT2D eigenvalue weighted by Gasteiger charge is -2.21. The maximum atomic E-state index is 13.0. The second kappa shape index (κ2) is 51.8. The fourth-order valence-electron chi connectivity index (χ4n) is 5.10. The molecule has 75 heavy (non-hydrogen) atoms. The number of carbonyl (C=O) groups is 11. The van der Waals surface area contributed by atoms with Gasteiger partial charge >= 0.3 is 54.0 Å². The van der Waals surface area contributed by atoms with Gasteiger partial charge in [0.05, 0.1) is 38.3 Å². The van der Waals surface area contributed by atoms with Crippen LogP contribution in [0.1, 0.15) is 139 Å². The molecule has 1 rings (SSSR count). The van der Waals surface area contributed by atoms with E-state index in [-0.39, 0.29) is 85.5 Å². The number of benzene rings is 1. The predicted octanol–water partition coefficient (Wildman–Crippen LogP) is 3.38. The summed E-state index contributed by atoms with van der Waals surface area (Å²) in [6.45, 7) is 10.7. The van der Waals surface area contributed by atoms with E-state index in [4.69, 9.17) is 25.5 Å². The topological polar surface area (TPSA) is 430 Å². The Morgan fingerprint density at radius 1 is 0.627 bits per heavy atom. The van der Waals surface area contributed by atoms with E-state index in [9.17, 15) is 68.1 Å². The molecule has 13 N–H and O–H groups in total. The van der Waals surface area contributed by atoms with Crippen molar-refractivity contribution >= 4 is 84.3 Å². The number of nitrogens with two attached hydrogens (primary N) is 1. The number of carboxylic acid groups (broad SMARTS) is 5. The van der Waals surface area contributed by atoms with E-state index in [1.54, 1.807) is 24.3 Å². The second-order valence-electron chi connectivity index (χ2n) is 15.2. The van der Waals surface area contributed by atoms with Gasteiger partial charge in [-0.05, 0) is 43.2 Å². The molecule has 1 aromatic rings. The van der Waals surface area contributed by atoms with Gasteiger partial charge in [0.2, 0.25) is 11.8 Å². The van der Waals surface area contributed by atoms with Crippen molar-refractivity contribution in [3.8, 4) is 0 Å². The summed E-state index contributed by atoms with van der Waals surface area (Å²) in [5.74, 6) is -11.7. The molecule has 0 heterocycles. The first kappa shape index (κ1) is 81.9. The zero-order valence-corrected chi connectivity index (χ0v) is 42.4. The van der Waals surface area contributed by atoms with Crippen LogP contribution in [0.15, 0.2) is 24.3 Å². The smallest absolute Gasteiger partial charge is 0.373 e. The third-order valence-corrected chi connectivity index (χ3v) is 8.95. The van der Waals surface area contributed by atoms with Crippen molar-refractivity contribution < 1.29 is 92.6 Å². The van der Waals surface area contributed by atoms with Crippen LogP contribution in [0.5, 0.6) is 0 Å². The van der Waals surface area contributed by atoms with Gasteiger partial charge in [-0.1, -0.05) is 94.0 Å². The number of unbranched alkanes of at least 4 members (excludes halogenated alkanes) is 1. The monoisotopic (exact) mass is 1100 g/mol. The number of ether oxygens (including phenoxy) is 1. The van der Waals surface area contributed by atoms with Crippen LogP contribution < -0.4 is 37.6 Å². The van der Waals surface area contributed by atoms with Crippen molar-refractivity contribution in [2.45, 2.75) is 165 Å². The average molecular weight is 1100 g/mol. The fourth-order valence-corrected chi connectivity index (χ4v) is 5.35. The van der Waals surface area contributed by atoms with E-state index >= 15 is 0 Å². The summed E-state index contributed by atoms with van der Waals surface area (Å²) < 4.78 is 4.34. The summed E-state index contributed by atoms with van der Waals surface area (Å²) >= 11 is 3.81. The third kappa shape index (κ3) is 47.6. The highest BCUT2D eigenvalue weighted by Crippen LogP contribution is 2.14. The van der Waals surface area contributed by atoms with Crippen LogP contribution in [0, 0.1) is 5.92 Å². The van der Waals surface area contributed by atoms with Gasteiger partial charge in [0.25, 0.3) is 0 Å². The van der Waals surface area contributed by atoms with Crippen molar-refractivity contribution in [3.05, 3.63) is 35.4 Å². The molecule has 27 heteroatoms. The molecule has 26 nitrogen and oxygen atoms in total. The summed E-state index contributed by atoms with van der Waals surface area (Å²) in [5, 5.41) is 59.9. The number of Topliss-reactive ketones (excluding diaryl/α,β-unsaturated/α-hetero) is 1. The number of aliphatic carboxylic acids is 5. The molecule has 0 aliphatic heterocycles. The summed E-state index contributed by atoms with van der Waals surface area (Å²) in [7, 11) is 1.33. The normalized spacial score (nSPS) is 11.3. The van der Waals surface area contributed by atoms with Crippen LogP contribution in [0.25, 0.3) is 0 Å². The van der Waals surface area contributed by atoms with Crippen molar-refractivity contribution in [1.29, 1.82) is 0 Å². The molecule has 5 atom stereocenters. The Kier molecular flexibility index (Phi) is 56.5. The van der Waals surface area contributed by atoms with Gasteiger partial charge < -0.3 is 67.9 Å². The number of hydrogen-bond acceptors (Lipinski definition) is 16. The van der Waals surface area contributed by atoms with Gasteiger partial charge in [0, 0.05) is 38.2 Å². The van der Waals surface area contributed by atoms with Crippen molar-refractivity contribution in [1.82, 2.24) is 31.9 Å². The van der Waals surface area contributed by atoms with Crippen molar-refractivity contribution in [2.75, 3.05) is 26.0 Å². The highest BCUT2D eigenvalue weighted by atomic mass is 32.1. The van der Waals surface area contributed by atoms with Gasteiger partial charge in [0.15, 0.2) is 5.78 Å². The number of carboxylic acids is 5. The minimum absolute atomic E-state index is 0. The number of urea groups is 2. The van der Waals surface area contributed by atoms with Crippen LogP contribution >= 0.6 is 12.6 Å². The Balaban J connectivity index is -0.000000400. The minimum atomic E-state index is -1.62. The molecule has 0 saturated carbocycles. The molecule has 0 aromatic heterocycles. The molecule has 432 valence electrons. The Labute approximate surface area is 445 Å². The standard InChI is InChI=1S/C33H46N6O15S.C5H11NO2.2C3H8.CO2.3CH4/c40-24(13-20(14-27(44)45)29(48)38-23(17-55)31(51)52)22(15-28(46)47)37-25(41)12-18-6-8-19(9-7-18)16-36-32(53)34-10-2-1-4-21(30(49)50)39-33(54)35-11-3-5-26(42)43;1-3-4(6)5(7)8-2;2*1-3-2;2-1-3;;;/h6-9,20-23,55H,1-5,10-17H2,(H,37,41)(H,38,48)(H,42,43)(H,44,45)(H,46,47)(H,49,50)(H,51,52)(H2,34,36,53)(H2,35,39,54);4H,3,6H2,1-2H3;2*3H2,1-2H3;;3*1H4/t20-,21-,22-,23-;;;;;;;/m0......./s1. The third-order valence-electron chi connectivity index (χ3n) is 8.59. The zero-order valence-electron chi connectivity index (χ0n) is 41.5. The lowest BCUT2D eigenvalue weighted by atomic mass is 9.93. The first-order valence-corrected chi connectivity index (χ1v) is 23.3. The number of hydrogen-bond donors (Lipinski definition) is 13. The summed E-state index contributed by atoms with van der Waals surface area (Å²) in [5.41, 5.74) is 6.34. The van der Waals surface area contributed by atoms with Crippen LogP contribution in [0.3, 0.4) is 0 Å².